The second-order valence-corrected chi connectivity index (χ2v) is 6.39. The number of nitrogens with one attached hydrogen (secondary N) is 1. The Kier molecular flexibility index (Phi) is 5.78. The molecule has 1 aromatic rings. The molecule has 0 saturated carbocycles. The van der Waals surface area contributed by atoms with Crippen molar-refractivity contribution >= 4 is 0 Å². The zero-order valence-electron chi connectivity index (χ0n) is 13.6. The molecule has 2 rings (SSSR count). The highest BCUT2D eigenvalue weighted by atomic mass is 19.1. The lowest BCUT2D eigenvalue weighted by Crippen LogP contribution is -2.52. The average molecular weight is 311 g/mol. The lowest BCUT2D eigenvalue weighted by Gasteiger charge is -2.37. The van der Waals surface area contributed by atoms with Crippen molar-refractivity contribution in [2.75, 3.05) is 26.8 Å². The summed E-state index contributed by atoms with van der Waals surface area (Å²) in [5, 5.41) is 13.9. The molecular formula is C17H26FNO3. The van der Waals surface area contributed by atoms with Crippen LogP contribution < -0.4 is 10.1 Å². The molecule has 1 aromatic carbocycles. The highest BCUT2D eigenvalue weighted by molar-refractivity contribution is 5.34. The molecule has 0 radical (unpaired) electrons. The predicted molar refractivity (Wildman–Crippen MR) is 83.7 cm³/mol. The van der Waals surface area contributed by atoms with Crippen LogP contribution in [0, 0.1) is 11.7 Å². The van der Waals surface area contributed by atoms with Crippen molar-refractivity contribution in [2.24, 2.45) is 5.92 Å². The van der Waals surface area contributed by atoms with E-state index in [-0.39, 0.29) is 17.8 Å². The molecular weight excluding hydrogens is 285 g/mol. The van der Waals surface area contributed by atoms with E-state index in [4.69, 9.17) is 9.47 Å². The van der Waals surface area contributed by atoms with Gasteiger partial charge >= 0.3 is 0 Å². The van der Waals surface area contributed by atoms with Crippen LogP contribution in [0.2, 0.25) is 0 Å². The highest BCUT2D eigenvalue weighted by Crippen LogP contribution is 2.28. The molecule has 1 aliphatic heterocycles. The molecule has 0 aliphatic carbocycles. The zero-order valence-corrected chi connectivity index (χ0v) is 13.6. The molecule has 5 heteroatoms. The van der Waals surface area contributed by atoms with Gasteiger partial charge in [0.25, 0.3) is 0 Å². The Labute approximate surface area is 131 Å². The minimum Gasteiger partial charge on any atom is -0.496 e. The van der Waals surface area contributed by atoms with Crippen LogP contribution >= 0.6 is 0 Å². The number of hydrogen-bond donors (Lipinski definition) is 2. The van der Waals surface area contributed by atoms with Crippen molar-refractivity contribution in [2.45, 2.75) is 38.4 Å². The van der Waals surface area contributed by atoms with E-state index in [0.717, 1.165) is 12.1 Å². The Morgan fingerprint density at radius 2 is 2.32 bits per heavy atom. The monoisotopic (exact) mass is 311 g/mol. The molecule has 1 fully saturated rings. The normalized spacial score (nSPS) is 22.9. The number of hydrogen-bond acceptors (Lipinski definition) is 4. The third kappa shape index (κ3) is 4.41. The van der Waals surface area contributed by atoms with Crippen molar-refractivity contribution in [1.82, 2.24) is 5.32 Å². The third-order valence-electron chi connectivity index (χ3n) is 4.19. The molecule has 22 heavy (non-hydrogen) atoms. The molecule has 4 nitrogen and oxygen atoms in total. The van der Waals surface area contributed by atoms with Crippen molar-refractivity contribution in [1.29, 1.82) is 0 Å². The maximum absolute atomic E-state index is 13.4. The van der Waals surface area contributed by atoms with Crippen molar-refractivity contribution in [3.05, 3.63) is 29.6 Å². The number of benzene rings is 1. The number of morpholine rings is 1. The molecule has 124 valence electrons. The Balaban J connectivity index is 1.99. The smallest absolute Gasteiger partial charge is 0.123 e. The van der Waals surface area contributed by atoms with Gasteiger partial charge in [-0.1, -0.05) is 6.92 Å². The first-order chi connectivity index (χ1) is 10.4. The molecule has 0 bridgehead atoms. The minimum absolute atomic E-state index is 0.177. The van der Waals surface area contributed by atoms with Crippen molar-refractivity contribution in [3.63, 3.8) is 0 Å². The fraction of sp³-hybridized carbons (Fsp3) is 0.647. The summed E-state index contributed by atoms with van der Waals surface area (Å²) in [6.07, 6.45) is 1.02. The lowest BCUT2D eigenvalue weighted by atomic mass is 9.84. The van der Waals surface area contributed by atoms with Gasteiger partial charge in [-0.05, 0) is 49.4 Å². The van der Waals surface area contributed by atoms with E-state index in [9.17, 15) is 9.50 Å². The Bertz CT molecular complexity index is 487. The molecule has 0 amide bonds. The molecule has 1 heterocycles. The van der Waals surface area contributed by atoms with Crippen molar-refractivity contribution in [3.8, 4) is 5.75 Å². The number of halogens is 1. The summed E-state index contributed by atoms with van der Waals surface area (Å²) in [7, 11) is 1.58. The summed E-state index contributed by atoms with van der Waals surface area (Å²) >= 11 is 0. The van der Waals surface area contributed by atoms with Gasteiger partial charge in [0.05, 0.1) is 25.4 Å². The highest BCUT2D eigenvalue weighted by Gasteiger charge is 2.35. The quantitative estimate of drug-likeness (QED) is 0.845. The summed E-state index contributed by atoms with van der Waals surface area (Å²) in [4.78, 5) is 0. The average Bonchev–Trinajstić information content (AvgIpc) is 2.48. The van der Waals surface area contributed by atoms with Gasteiger partial charge in [-0.2, -0.15) is 0 Å². The van der Waals surface area contributed by atoms with E-state index in [1.807, 2.05) is 6.92 Å². The molecule has 3 unspecified atom stereocenters. The van der Waals surface area contributed by atoms with Gasteiger partial charge in [0.2, 0.25) is 0 Å². The van der Waals surface area contributed by atoms with E-state index in [1.54, 1.807) is 13.2 Å². The van der Waals surface area contributed by atoms with E-state index in [1.165, 1.54) is 12.1 Å². The van der Waals surface area contributed by atoms with Crippen LogP contribution in [-0.4, -0.2) is 43.6 Å². The Morgan fingerprint density at radius 1 is 1.55 bits per heavy atom. The maximum Gasteiger partial charge on any atom is 0.123 e. The van der Waals surface area contributed by atoms with Gasteiger partial charge in [0.15, 0.2) is 0 Å². The second kappa shape index (κ2) is 7.40. The number of aliphatic hydroxyl groups is 1. The first kappa shape index (κ1) is 17.2. The maximum atomic E-state index is 13.4. The van der Waals surface area contributed by atoms with Gasteiger partial charge in [-0.25, -0.2) is 4.39 Å². The first-order valence-corrected chi connectivity index (χ1v) is 7.79. The van der Waals surface area contributed by atoms with Gasteiger partial charge in [-0.3, -0.25) is 0 Å². The van der Waals surface area contributed by atoms with Crippen LogP contribution in [0.15, 0.2) is 18.2 Å². The molecule has 1 aliphatic rings. The van der Waals surface area contributed by atoms with Crippen LogP contribution in [0.5, 0.6) is 5.75 Å². The summed E-state index contributed by atoms with van der Waals surface area (Å²) in [5.74, 6) is 0.592. The molecule has 0 aromatic heterocycles. The molecule has 2 N–H and O–H groups in total. The summed E-state index contributed by atoms with van der Waals surface area (Å²) in [6.45, 7) is 5.96. The van der Waals surface area contributed by atoms with Gasteiger partial charge in [0, 0.05) is 13.1 Å². The van der Waals surface area contributed by atoms with Gasteiger partial charge < -0.3 is 19.9 Å². The molecule has 3 atom stereocenters. The van der Waals surface area contributed by atoms with Crippen molar-refractivity contribution < 1.29 is 19.0 Å². The summed E-state index contributed by atoms with van der Waals surface area (Å²) in [6, 6.07) is 4.54. The molecule has 0 spiro atoms. The zero-order chi connectivity index (χ0) is 16.2. The third-order valence-corrected chi connectivity index (χ3v) is 4.19. The van der Waals surface area contributed by atoms with Gasteiger partial charge in [0.1, 0.15) is 11.6 Å². The largest absolute Gasteiger partial charge is 0.496 e. The van der Waals surface area contributed by atoms with Crippen LogP contribution in [-0.2, 0) is 11.2 Å². The van der Waals surface area contributed by atoms with Crippen LogP contribution in [0.3, 0.4) is 0 Å². The van der Waals surface area contributed by atoms with E-state index < -0.39 is 5.60 Å². The number of ether oxygens (including phenoxy) is 2. The van der Waals surface area contributed by atoms with Crippen LogP contribution in [0.4, 0.5) is 4.39 Å². The van der Waals surface area contributed by atoms with Gasteiger partial charge in [-0.15, -0.1) is 0 Å². The summed E-state index contributed by atoms with van der Waals surface area (Å²) < 4.78 is 24.4. The summed E-state index contributed by atoms with van der Waals surface area (Å²) in [5.41, 5.74) is -0.0820. The standard InChI is InChI=1S/C17H26FNO3/c1-12(8-13-9-14(18)4-5-15(13)21-3)10-17(2,20)16-11-19-6-7-22-16/h4-5,9,12,16,19-20H,6-8,10-11H2,1-3H3. The molecule has 1 saturated heterocycles. The van der Waals surface area contributed by atoms with E-state index in [0.29, 0.717) is 31.7 Å². The lowest BCUT2D eigenvalue weighted by molar-refractivity contribution is -0.118. The minimum atomic E-state index is -0.909. The number of methoxy groups -OCH3 is 1. The van der Waals surface area contributed by atoms with E-state index in [2.05, 4.69) is 12.2 Å². The number of rotatable bonds is 6. The van der Waals surface area contributed by atoms with Crippen LogP contribution in [0.1, 0.15) is 25.8 Å². The fourth-order valence-electron chi connectivity index (χ4n) is 3.16. The van der Waals surface area contributed by atoms with Crippen LogP contribution in [0.25, 0.3) is 0 Å². The Hall–Kier alpha value is -1.17. The first-order valence-electron chi connectivity index (χ1n) is 7.79. The second-order valence-electron chi connectivity index (χ2n) is 6.39. The SMILES string of the molecule is COc1ccc(F)cc1CC(C)CC(C)(O)C1CNCCO1. The van der Waals surface area contributed by atoms with E-state index >= 15 is 0 Å². The topological polar surface area (TPSA) is 50.7 Å². The Morgan fingerprint density at radius 3 is 2.95 bits per heavy atom. The predicted octanol–water partition coefficient (Wildman–Crippen LogP) is 2.14. The fourth-order valence-corrected chi connectivity index (χ4v) is 3.16.